The topological polar surface area (TPSA) is 99.3 Å². The van der Waals surface area contributed by atoms with Crippen LogP contribution in [-0.4, -0.2) is 24.5 Å². The van der Waals surface area contributed by atoms with Gasteiger partial charge in [0.25, 0.3) is 0 Å². The van der Waals surface area contributed by atoms with Crippen molar-refractivity contribution in [2.45, 2.75) is 25.3 Å². The molecule has 0 saturated heterocycles. The molecule has 7 heteroatoms. The summed E-state index contributed by atoms with van der Waals surface area (Å²) < 4.78 is 27.2. The van der Waals surface area contributed by atoms with Gasteiger partial charge < -0.3 is 10.1 Å². The molecule has 2 rings (SSSR count). The Kier molecular flexibility index (Phi) is 4.15. The Hall–Kier alpha value is -2.12. The lowest BCUT2D eigenvalue weighted by Gasteiger charge is -2.12. The number of hydrogen-bond donors (Lipinski definition) is 3. The van der Waals surface area contributed by atoms with Crippen molar-refractivity contribution in [3.63, 3.8) is 0 Å². The molecule has 0 amide bonds. The first-order valence-electron chi connectivity index (χ1n) is 6.27. The van der Waals surface area contributed by atoms with Crippen LogP contribution in [0, 0.1) is 13.8 Å². The molecule has 0 unspecified atom stereocenters. The maximum absolute atomic E-state index is 12.4. The van der Waals surface area contributed by atoms with Crippen LogP contribution in [0.4, 0.5) is 0 Å². The summed E-state index contributed by atoms with van der Waals surface area (Å²) in [6.07, 6.45) is 3.39. The van der Waals surface area contributed by atoms with Crippen LogP contribution < -0.4 is 4.72 Å². The standard InChI is InChI=1S/C14H16N2O4S/c1-9-5-12(14(17)18)6-13(10(9)2)21(19,20)16-8-11-3-4-15-7-11/h3-7,15-16H,8H2,1-2H3,(H,17,18). The smallest absolute Gasteiger partial charge is 0.335 e. The van der Waals surface area contributed by atoms with E-state index in [1.807, 2.05) is 0 Å². The Morgan fingerprint density at radius 1 is 1.33 bits per heavy atom. The molecule has 1 aromatic carbocycles. The number of rotatable bonds is 5. The van der Waals surface area contributed by atoms with Gasteiger partial charge in [0.05, 0.1) is 10.5 Å². The highest BCUT2D eigenvalue weighted by atomic mass is 32.2. The predicted octanol–water partition coefficient (Wildman–Crippen LogP) is 1.81. The van der Waals surface area contributed by atoms with Crippen molar-refractivity contribution in [1.29, 1.82) is 0 Å². The van der Waals surface area contributed by atoms with Gasteiger partial charge in [-0.1, -0.05) is 0 Å². The maximum atomic E-state index is 12.4. The molecular formula is C14H16N2O4S. The van der Waals surface area contributed by atoms with Gasteiger partial charge in [0, 0.05) is 18.9 Å². The van der Waals surface area contributed by atoms with E-state index in [0.717, 1.165) is 5.56 Å². The molecule has 0 radical (unpaired) electrons. The van der Waals surface area contributed by atoms with Gasteiger partial charge in [0.15, 0.2) is 0 Å². The van der Waals surface area contributed by atoms with E-state index in [9.17, 15) is 13.2 Å². The highest BCUT2D eigenvalue weighted by molar-refractivity contribution is 7.89. The minimum Gasteiger partial charge on any atom is -0.478 e. The molecule has 2 aromatic rings. The lowest BCUT2D eigenvalue weighted by atomic mass is 10.1. The van der Waals surface area contributed by atoms with E-state index in [2.05, 4.69) is 9.71 Å². The van der Waals surface area contributed by atoms with Gasteiger partial charge in [-0.15, -0.1) is 0 Å². The second kappa shape index (κ2) is 5.71. The van der Waals surface area contributed by atoms with Crippen molar-refractivity contribution in [2.75, 3.05) is 0 Å². The number of sulfonamides is 1. The molecule has 0 bridgehead atoms. The van der Waals surface area contributed by atoms with E-state index in [4.69, 9.17) is 5.11 Å². The fraction of sp³-hybridized carbons (Fsp3) is 0.214. The largest absolute Gasteiger partial charge is 0.478 e. The summed E-state index contributed by atoms with van der Waals surface area (Å²) >= 11 is 0. The first-order chi connectivity index (χ1) is 9.81. The Balaban J connectivity index is 2.37. The quantitative estimate of drug-likeness (QED) is 0.784. The summed E-state index contributed by atoms with van der Waals surface area (Å²) in [5.74, 6) is -1.15. The highest BCUT2D eigenvalue weighted by Crippen LogP contribution is 2.21. The van der Waals surface area contributed by atoms with Crippen LogP contribution in [-0.2, 0) is 16.6 Å². The van der Waals surface area contributed by atoms with Crippen LogP contribution in [0.15, 0.2) is 35.5 Å². The molecule has 0 fully saturated rings. The number of aromatic carboxylic acids is 1. The number of benzene rings is 1. The van der Waals surface area contributed by atoms with E-state index >= 15 is 0 Å². The lowest BCUT2D eigenvalue weighted by Crippen LogP contribution is -2.24. The Labute approximate surface area is 122 Å². The van der Waals surface area contributed by atoms with Crippen LogP contribution in [0.25, 0.3) is 0 Å². The van der Waals surface area contributed by atoms with E-state index in [0.29, 0.717) is 11.1 Å². The van der Waals surface area contributed by atoms with Crippen molar-refractivity contribution < 1.29 is 18.3 Å². The Morgan fingerprint density at radius 2 is 2.05 bits per heavy atom. The summed E-state index contributed by atoms with van der Waals surface area (Å²) in [6.45, 7) is 3.49. The molecule has 0 aliphatic carbocycles. The highest BCUT2D eigenvalue weighted by Gasteiger charge is 2.20. The van der Waals surface area contributed by atoms with Crippen molar-refractivity contribution in [3.05, 3.63) is 52.8 Å². The first kappa shape index (κ1) is 15.3. The minimum absolute atomic E-state index is 0.00423. The zero-order chi connectivity index (χ0) is 15.6. The summed E-state index contributed by atoms with van der Waals surface area (Å²) in [7, 11) is -3.77. The third-order valence-corrected chi connectivity index (χ3v) is 4.81. The summed E-state index contributed by atoms with van der Waals surface area (Å²) in [5.41, 5.74) is 1.92. The number of carboxylic acids is 1. The van der Waals surface area contributed by atoms with E-state index in [1.54, 1.807) is 32.3 Å². The number of nitrogens with one attached hydrogen (secondary N) is 2. The molecule has 21 heavy (non-hydrogen) atoms. The molecule has 6 nitrogen and oxygen atoms in total. The van der Waals surface area contributed by atoms with E-state index in [-0.39, 0.29) is 17.0 Å². The van der Waals surface area contributed by atoms with E-state index < -0.39 is 16.0 Å². The molecule has 0 spiro atoms. The third kappa shape index (κ3) is 3.32. The van der Waals surface area contributed by atoms with Crippen molar-refractivity contribution in [1.82, 2.24) is 9.71 Å². The fourth-order valence-corrected chi connectivity index (χ4v) is 3.31. The number of aromatic nitrogens is 1. The second-order valence-corrected chi connectivity index (χ2v) is 6.50. The molecule has 1 aromatic heterocycles. The molecule has 0 atom stereocenters. The maximum Gasteiger partial charge on any atom is 0.335 e. The average molecular weight is 308 g/mol. The zero-order valence-electron chi connectivity index (χ0n) is 11.7. The molecule has 3 N–H and O–H groups in total. The average Bonchev–Trinajstić information content (AvgIpc) is 2.92. The Bertz CT molecular complexity index is 765. The molecule has 1 heterocycles. The van der Waals surface area contributed by atoms with Crippen molar-refractivity contribution in [2.24, 2.45) is 0 Å². The van der Waals surface area contributed by atoms with Gasteiger partial charge in [-0.2, -0.15) is 0 Å². The summed E-state index contributed by atoms with van der Waals surface area (Å²) in [5, 5.41) is 9.05. The number of hydrogen-bond acceptors (Lipinski definition) is 3. The molecule has 0 aliphatic rings. The van der Waals surface area contributed by atoms with Gasteiger partial charge in [-0.3, -0.25) is 0 Å². The fourth-order valence-electron chi connectivity index (χ4n) is 1.95. The second-order valence-electron chi connectivity index (χ2n) is 4.77. The zero-order valence-corrected chi connectivity index (χ0v) is 12.5. The van der Waals surface area contributed by atoms with Crippen LogP contribution in [0.2, 0.25) is 0 Å². The number of aryl methyl sites for hydroxylation is 1. The first-order valence-corrected chi connectivity index (χ1v) is 7.75. The monoisotopic (exact) mass is 308 g/mol. The number of carboxylic acid groups (broad SMARTS) is 1. The van der Waals surface area contributed by atoms with E-state index in [1.165, 1.54) is 12.1 Å². The lowest BCUT2D eigenvalue weighted by molar-refractivity contribution is 0.0696. The van der Waals surface area contributed by atoms with Gasteiger partial charge in [0.2, 0.25) is 10.0 Å². The van der Waals surface area contributed by atoms with Crippen LogP contribution in [0.3, 0.4) is 0 Å². The normalized spacial score (nSPS) is 11.5. The van der Waals surface area contributed by atoms with Gasteiger partial charge in [0.1, 0.15) is 0 Å². The predicted molar refractivity (Wildman–Crippen MR) is 77.7 cm³/mol. The van der Waals surface area contributed by atoms with Crippen LogP contribution in [0.5, 0.6) is 0 Å². The van der Waals surface area contributed by atoms with Gasteiger partial charge in [-0.25, -0.2) is 17.9 Å². The van der Waals surface area contributed by atoms with Gasteiger partial charge >= 0.3 is 5.97 Å². The number of H-pyrrole nitrogens is 1. The summed E-state index contributed by atoms with van der Waals surface area (Å²) in [6, 6.07) is 4.40. The summed E-state index contributed by atoms with van der Waals surface area (Å²) in [4.78, 5) is 13.9. The number of aromatic amines is 1. The SMILES string of the molecule is Cc1cc(C(=O)O)cc(S(=O)(=O)NCc2cc[nH]c2)c1C. The molecule has 0 saturated carbocycles. The van der Waals surface area contributed by atoms with Crippen molar-refractivity contribution in [3.8, 4) is 0 Å². The molecule has 0 aliphatic heterocycles. The van der Waals surface area contributed by atoms with Crippen molar-refractivity contribution >= 4 is 16.0 Å². The molecular weight excluding hydrogens is 292 g/mol. The minimum atomic E-state index is -3.77. The molecule has 112 valence electrons. The third-order valence-electron chi connectivity index (χ3n) is 3.28. The number of carbonyl (C=O) groups is 1. The van der Waals surface area contributed by atoms with Crippen LogP contribution >= 0.6 is 0 Å². The van der Waals surface area contributed by atoms with Crippen LogP contribution in [0.1, 0.15) is 27.0 Å². The Morgan fingerprint density at radius 3 is 2.62 bits per heavy atom. The van der Waals surface area contributed by atoms with Gasteiger partial charge in [-0.05, 0) is 48.7 Å².